The molecule has 2 unspecified atom stereocenters. The number of ether oxygens (including phenoxy) is 1. The summed E-state index contributed by atoms with van der Waals surface area (Å²) in [5, 5.41) is 3.38. The highest BCUT2D eigenvalue weighted by Crippen LogP contribution is 2.25. The van der Waals surface area contributed by atoms with E-state index in [1.54, 1.807) is 0 Å². The van der Waals surface area contributed by atoms with Crippen LogP contribution < -0.4 is 5.32 Å². The average Bonchev–Trinajstić information content (AvgIpc) is 2.44. The summed E-state index contributed by atoms with van der Waals surface area (Å²) in [6, 6.07) is 0.290. The minimum absolute atomic E-state index is 0.125. The molecule has 0 aromatic rings. The van der Waals surface area contributed by atoms with Gasteiger partial charge in [-0.3, -0.25) is 9.69 Å². The lowest BCUT2D eigenvalue weighted by Gasteiger charge is -2.42. The molecule has 0 rings (SSSR count). The van der Waals surface area contributed by atoms with Crippen LogP contribution in [0.5, 0.6) is 0 Å². The zero-order chi connectivity index (χ0) is 16.7. The number of carbonyl (C=O) groups excluding carboxylic acids is 1. The fourth-order valence-electron chi connectivity index (χ4n) is 2.49. The molecule has 4 heteroatoms. The SMILES string of the molecule is CCCNC(C)(CC(C)N(C)C(C)(C)CC)C(=O)OCC. The maximum atomic E-state index is 12.3. The summed E-state index contributed by atoms with van der Waals surface area (Å²) in [5.74, 6) is -0.145. The van der Waals surface area contributed by atoms with E-state index in [1.165, 1.54) is 0 Å². The molecular formula is C17H36N2O2. The number of rotatable bonds is 10. The van der Waals surface area contributed by atoms with E-state index in [2.05, 4.69) is 51.9 Å². The maximum Gasteiger partial charge on any atom is 0.326 e. The van der Waals surface area contributed by atoms with Crippen molar-refractivity contribution in [1.29, 1.82) is 0 Å². The van der Waals surface area contributed by atoms with E-state index >= 15 is 0 Å². The first-order valence-electron chi connectivity index (χ1n) is 8.29. The molecule has 0 fully saturated rings. The predicted molar refractivity (Wildman–Crippen MR) is 89.5 cm³/mol. The number of carbonyl (C=O) groups is 1. The van der Waals surface area contributed by atoms with Crippen LogP contribution in [0, 0.1) is 0 Å². The monoisotopic (exact) mass is 300 g/mol. The minimum atomic E-state index is -0.622. The van der Waals surface area contributed by atoms with Crippen LogP contribution in [0.4, 0.5) is 0 Å². The van der Waals surface area contributed by atoms with Gasteiger partial charge in [-0.25, -0.2) is 0 Å². The Kier molecular flexibility index (Phi) is 8.49. The van der Waals surface area contributed by atoms with Crippen molar-refractivity contribution in [1.82, 2.24) is 10.2 Å². The Morgan fingerprint density at radius 3 is 2.24 bits per heavy atom. The smallest absolute Gasteiger partial charge is 0.326 e. The van der Waals surface area contributed by atoms with E-state index in [0.29, 0.717) is 12.6 Å². The van der Waals surface area contributed by atoms with Crippen LogP contribution in [0.3, 0.4) is 0 Å². The molecule has 0 aromatic heterocycles. The number of hydrogen-bond acceptors (Lipinski definition) is 4. The first kappa shape index (κ1) is 20.4. The van der Waals surface area contributed by atoms with Crippen LogP contribution in [0.2, 0.25) is 0 Å². The molecule has 0 saturated carbocycles. The third-order valence-electron chi connectivity index (χ3n) is 4.68. The maximum absolute atomic E-state index is 12.3. The Labute approximate surface area is 131 Å². The highest BCUT2D eigenvalue weighted by molar-refractivity contribution is 5.80. The number of nitrogens with zero attached hydrogens (tertiary/aromatic N) is 1. The number of nitrogens with one attached hydrogen (secondary N) is 1. The van der Waals surface area contributed by atoms with Crippen LogP contribution in [0.25, 0.3) is 0 Å². The van der Waals surface area contributed by atoms with Gasteiger partial charge in [-0.2, -0.15) is 0 Å². The van der Waals surface area contributed by atoms with Crippen LogP contribution in [-0.4, -0.2) is 48.2 Å². The van der Waals surface area contributed by atoms with Gasteiger partial charge in [0.05, 0.1) is 6.61 Å². The molecule has 0 amide bonds. The first-order chi connectivity index (χ1) is 9.64. The third kappa shape index (κ3) is 5.95. The Bertz CT molecular complexity index is 318. The lowest BCUT2D eigenvalue weighted by atomic mass is 9.89. The zero-order valence-corrected chi connectivity index (χ0v) is 15.4. The van der Waals surface area contributed by atoms with Gasteiger partial charge < -0.3 is 10.1 Å². The van der Waals surface area contributed by atoms with Gasteiger partial charge in [-0.05, 0) is 67.5 Å². The summed E-state index contributed by atoms with van der Waals surface area (Å²) in [6.07, 6.45) is 2.82. The average molecular weight is 300 g/mol. The van der Waals surface area contributed by atoms with Crippen molar-refractivity contribution in [3.05, 3.63) is 0 Å². The molecular weight excluding hydrogens is 264 g/mol. The van der Waals surface area contributed by atoms with Crippen LogP contribution >= 0.6 is 0 Å². The molecule has 0 heterocycles. The molecule has 0 aromatic carbocycles. The van der Waals surface area contributed by atoms with Gasteiger partial charge in [-0.1, -0.05) is 13.8 Å². The summed E-state index contributed by atoms with van der Waals surface area (Å²) in [5.41, 5.74) is -0.497. The standard InChI is InChI=1S/C17H36N2O2/c1-9-12-18-17(7,15(20)21-11-3)13-14(4)19(8)16(5,6)10-2/h14,18H,9-13H2,1-8H3. The Morgan fingerprint density at radius 1 is 1.24 bits per heavy atom. The second-order valence-corrected chi connectivity index (χ2v) is 6.81. The van der Waals surface area contributed by atoms with Crippen LogP contribution in [0.1, 0.15) is 67.7 Å². The van der Waals surface area contributed by atoms with Crippen molar-refractivity contribution in [2.45, 2.75) is 84.8 Å². The molecule has 0 bridgehead atoms. The zero-order valence-electron chi connectivity index (χ0n) is 15.4. The molecule has 0 spiro atoms. The summed E-state index contributed by atoms with van der Waals surface area (Å²) >= 11 is 0. The molecule has 126 valence electrons. The fourth-order valence-corrected chi connectivity index (χ4v) is 2.49. The second-order valence-electron chi connectivity index (χ2n) is 6.81. The summed E-state index contributed by atoms with van der Waals surface area (Å²) in [6.45, 7) is 16.0. The fraction of sp³-hybridized carbons (Fsp3) is 0.941. The lowest BCUT2D eigenvalue weighted by Crippen LogP contribution is -2.56. The van der Waals surface area contributed by atoms with Gasteiger partial charge in [0.15, 0.2) is 0 Å². The van der Waals surface area contributed by atoms with Gasteiger partial charge >= 0.3 is 5.97 Å². The van der Waals surface area contributed by atoms with Gasteiger partial charge in [0.2, 0.25) is 0 Å². The van der Waals surface area contributed by atoms with E-state index in [4.69, 9.17) is 4.74 Å². The van der Waals surface area contributed by atoms with Crippen molar-refractivity contribution >= 4 is 5.97 Å². The molecule has 2 atom stereocenters. The van der Waals surface area contributed by atoms with Gasteiger partial charge in [0.1, 0.15) is 5.54 Å². The van der Waals surface area contributed by atoms with Gasteiger partial charge in [-0.15, -0.1) is 0 Å². The first-order valence-corrected chi connectivity index (χ1v) is 8.29. The van der Waals surface area contributed by atoms with Crippen LogP contribution in [-0.2, 0) is 9.53 Å². The molecule has 0 aliphatic rings. The molecule has 0 aliphatic heterocycles. The van der Waals surface area contributed by atoms with Crippen molar-refractivity contribution in [2.24, 2.45) is 0 Å². The lowest BCUT2D eigenvalue weighted by molar-refractivity contribution is -0.151. The van der Waals surface area contributed by atoms with E-state index in [-0.39, 0.29) is 11.5 Å². The second kappa shape index (κ2) is 8.74. The summed E-state index contributed by atoms with van der Waals surface area (Å²) in [7, 11) is 2.14. The van der Waals surface area contributed by atoms with Gasteiger partial charge in [0, 0.05) is 11.6 Å². The third-order valence-corrected chi connectivity index (χ3v) is 4.68. The highest BCUT2D eigenvalue weighted by atomic mass is 16.5. The topological polar surface area (TPSA) is 41.6 Å². The van der Waals surface area contributed by atoms with E-state index in [9.17, 15) is 4.79 Å². The van der Waals surface area contributed by atoms with E-state index in [1.807, 2.05) is 13.8 Å². The Hall–Kier alpha value is -0.610. The minimum Gasteiger partial charge on any atom is -0.465 e. The number of esters is 1. The van der Waals surface area contributed by atoms with E-state index < -0.39 is 5.54 Å². The highest BCUT2D eigenvalue weighted by Gasteiger charge is 2.38. The Morgan fingerprint density at radius 2 is 1.81 bits per heavy atom. The van der Waals surface area contributed by atoms with Crippen molar-refractivity contribution in [3.8, 4) is 0 Å². The molecule has 0 saturated heterocycles. The molecule has 0 aliphatic carbocycles. The van der Waals surface area contributed by atoms with Gasteiger partial charge in [0.25, 0.3) is 0 Å². The largest absolute Gasteiger partial charge is 0.465 e. The molecule has 1 N–H and O–H groups in total. The molecule has 4 nitrogen and oxygen atoms in total. The van der Waals surface area contributed by atoms with Crippen molar-refractivity contribution in [3.63, 3.8) is 0 Å². The number of hydrogen-bond donors (Lipinski definition) is 1. The van der Waals surface area contributed by atoms with Crippen molar-refractivity contribution < 1.29 is 9.53 Å². The molecule has 0 radical (unpaired) electrons. The summed E-state index contributed by atoms with van der Waals surface area (Å²) in [4.78, 5) is 14.7. The van der Waals surface area contributed by atoms with Crippen molar-refractivity contribution in [2.75, 3.05) is 20.2 Å². The predicted octanol–water partition coefficient (Wildman–Crippen LogP) is 3.21. The normalized spacial score (nSPS) is 16.6. The molecule has 21 heavy (non-hydrogen) atoms. The Balaban J connectivity index is 4.99. The van der Waals surface area contributed by atoms with Crippen LogP contribution in [0.15, 0.2) is 0 Å². The van der Waals surface area contributed by atoms with E-state index in [0.717, 1.165) is 25.8 Å². The quantitative estimate of drug-likeness (QED) is 0.629. The summed E-state index contributed by atoms with van der Waals surface area (Å²) < 4.78 is 5.28.